The fraction of sp³-hybridized carbons (Fsp3) is 0. The summed E-state index contributed by atoms with van der Waals surface area (Å²) in [5.74, 6) is 0.642. The SMILES string of the molecule is Brc1cnc(-c2ccccn2)nc1. The molecule has 0 atom stereocenters. The van der Waals surface area contributed by atoms with Crippen molar-refractivity contribution >= 4 is 15.9 Å². The Labute approximate surface area is 84.0 Å². The summed E-state index contributed by atoms with van der Waals surface area (Å²) in [6.07, 6.45) is 5.13. The summed E-state index contributed by atoms with van der Waals surface area (Å²) >= 11 is 3.27. The summed E-state index contributed by atoms with van der Waals surface area (Å²) in [5, 5.41) is 0. The number of pyridine rings is 1. The van der Waals surface area contributed by atoms with Crippen molar-refractivity contribution in [3.63, 3.8) is 0 Å². The molecule has 0 aromatic carbocycles. The molecule has 2 rings (SSSR count). The minimum Gasteiger partial charge on any atom is -0.253 e. The van der Waals surface area contributed by atoms with Crippen LogP contribution in [-0.4, -0.2) is 15.0 Å². The highest BCUT2D eigenvalue weighted by molar-refractivity contribution is 9.10. The van der Waals surface area contributed by atoms with Crippen molar-refractivity contribution in [3.8, 4) is 11.5 Å². The second kappa shape index (κ2) is 3.62. The number of hydrogen-bond acceptors (Lipinski definition) is 3. The Bertz CT molecular complexity index is 385. The van der Waals surface area contributed by atoms with Crippen molar-refractivity contribution in [2.45, 2.75) is 0 Å². The highest BCUT2D eigenvalue weighted by Gasteiger charge is 1.99. The third-order valence-electron chi connectivity index (χ3n) is 1.51. The summed E-state index contributed by atoms with van der Waals surface area (Å²) < 4.78 is 0.868. The molecule has 2 aromatic heterocycles. The first-order chi connectivity index (χ1) is 6.36. The van der Waals surface area contributed by atoms with Crippen LogP contribution in [0.1, 0.15) is 0 Å². The van der Waals surface area contributed by atoms with E-state index in [9.17, 15) is 0 Å². The maximum atomic E-state index is 4.14. The van der Waals surface area contributed by atoms with E-state index in [1.54, 1.807) is 18.6 Å². The van der Waals surface area contributed by atoms with Gasteiger partial charge in [0.15, 0.2) is 5.82 Å². The maximum absolute atomic E-state index is 4.14. The topological polar surface area (TPSA) is 38.7 Å². The largest absolute Gasteiger partial charge is 0.253 e. The number of rotatable bonds is 1. The second-order valence-corrected chi connectivity index (χ2v) is 3.36. The van der Waals surface area contributed by atoms with Crippen molar-refractivity contribution in [2.24, 2.45) is 0 Å². The quantitative estimate of drug-likeness (QED) is 0.762. The van der Waals surface area contributed by atoms with Crippen LogP contribution in [-0.2, 0) is 0 Å². The number of nitrogens with zero attached hydrogens (tertiary/aromatic N) is 3. The Kier molecular flexibility index (Phi) is 2.31. The van der Waals surface area contributed by atoms with E-state index in [0.717, 1.165) is 10.2 Å². The van der Waals surface area contributed by atoms with Gasteiger partial charge < -0.3 is 0 Å². The van der Waals surface area contributed by atoms with Gasteiger partial charge in [-0.05, 0) is 28.1 Å². The number of hydrogen-bond donors (Lipinski definition) is 0. The minimum absolute atomic E-state index is 0.642. The highest BCUT2D eigenvalue weighted by atomic mass is 79.9. The van der Waals surface area contributed by atoms with E-state index in [4.69, 9.17) is 0 Å². The lowest BCUT2D eigenvalue weighted by atomic mass is 10.3. The minimum atomic E-state index is 0.642. The lowest BCUT2D eigenvalue weighted by Crippen LogP contribution is -1.89. The van der Waals surface area contributed by atoms with E-state index >= 15 is 0 Å². The van der Waals surface area contributed by atoms with E-state index in [0.29, 0.717) is 5.82 Å². The van der Waals surface area contributed by atoms with Crippen LogP contribution in [0.25, 0.3) is 11.5 Å². The van der Waals surface area contributed by atoms with E-state index in [-0.39, 0.29) is 0 Å². The van der Waals surface area contributed by atoms with E-state index in [1.807, 2.05) is 18.2 Å². The zero-order chi connectivity index (χ0) is 9.10. The van der Waals surface area contributed by atoms with Crippen molar-refractivity contribution in [1.82, 2.24) is 15.0 Å². The van der Waals surface area contributed by atoms with E-state index in [2.05, 4.69) is 30.9 Å². The molecule has 0 fully saturated rings. The molecule has 3 nitrogen and oxygen atoms in total. The van der Waals surface area contributed by atoms with Crippen molar-refractivity contribution in [3.05, 3.63) is 41.3 Å². The molecule has 4 heteroatoms. The molecule has 0 saturated heterocycles. The first-order valence-electron chi connectivity index (χ1n) is 3.75. The van der Waals surface area contributed by atoms with Gasteiger partial charge in [-0.1, -0.05) is 6.07 Å². The van der Waals surface area contributed by atoms with E-state index < -0.39 is 0 Å². The highest BCUT2D eigenvalue weighted by Crippen LogP contribution is 2.12. The van der Waals surface area contributed by atoms with Gasteiger partial charge in [-0.25, -0.2) is 9.97 Å². The molecular weight excluding hydrogens is 230 g/mol. The number of aromatic nitrogens is 3. The molecule has 0 unspecified atom stereocenters. The van der Waals surface area contributed by atoms with Gasteiger partial charge in [0.1, 0.15) is 5.69 Å². The van der Waals surface area contributed by atoms with Crippen molar-refractivity contribution in [2.75, 3.05) is 0 Å². The molecule has 0 aliphatic rings. The van der Waals surface area contributed by atoms with Gasteiger partial charge >= 0.3 is 0 Å². The molecule has 0 aliphatic heterocycles. The average molecular weight is 236 g/mol. The normalized spacial score (nSPS) is 9.92. The molecule has 0 aliphatic carbocycles. The summed E-state index contributed by atoms with van der Waals surface area (Å²) in [5.41, 5.74) is 0.787. The molecule has 2 heterocycles. The van der Waals surface area contributed by atoms with Gasteiger partial charge in [0.25, 0.3) is 0 Å². The van der Waals surface area contributed by atoms with Crippen LogP contribution in [0.15, 0.2) is 41.3 Å². The van der Waals surface area contributed by atoms with Crippen LogP contribution in [0, 0.1) is 0 Å². The van der Waals surface area contributed by atoms with Gasteiger partial charge in [-0.15, -0.1) is 0 Å². The third-order valence-corrected chi connectivity index (χ3v) is 1.92. The van der Waals surface area contributed by atoms with Gasteiger partial charge in [0, 0.05) is 18.6 Å². The smallest absolute Gasteiger partial charge is 0.178 e. The third kappa shape index (κ3) is 1.89. The Morgan fingerprint density at radius 3 is 2.38 bits per heavy atom. The van der Waals surface area contributed by atoms with E-state index in [1.165, 1.54) is 0 Å². The van der Waals surface area contributed by atoms with Crippen LogP contribution >= 0.6 is 15.9 Å². The standard InChI is InChI=1S/C9H6BrN3/c10-7-5-12-9(13-6-7)8-3-1-2-4-11-8/h1-6H. The van der Waals surface area contributed by atoms with Gasteiger partial charge in [-0.2, -0.15) is 0 Å². The Morgan fingerprint density at radius 1 is 1.00 bits per heavy atom. The molecule has 13 heavy (non-hydrogen) atoms. The molecule has 0 saturated carbocycles. The second-order valence-electron chi connectivity index (χ2n) is 2.44. The van der Waals surface area contributed by atoms with Crippen LogP contribution in [0.4, 0.5) is 0 Å². The summed E-state index contributed by atoms with van der Waals surface area (Å²) in [4.78, 5) is 12.4. The molecule has 0 spiro atoms. The fourth-order valence-corrected chi connectivity index (χ4v) is 1.14. The van der Waals surface area contributed by atoms with Crippen LogP contribution < -0.4 is 0 Å². The first-order valence-corrected chi connectivity index (χ1v) is 4.54. The Morgan fingerprint density at radius 2 is 1.77 bits per heavy atom. The van der Waals surface area contributed by atoms with Crippen molar-refractivity contribution < 1.29 is 0 Å². The molecule has 0 N–H and O–H groups in total. The lowest BCUT2D eigenvalue weighted by Gasteiger charge is -1.96. The first kappa shape index (κ1) is 8.31. The molecule has 0 bridgehead atoms. The van der Waals surface area contributed by atoms with Gasteiger partial charge in [0.2, 0.25) is 0 Å². The predicted octanol–water partition coefficient (Wildman–Crippen LogP) is 2.30. The monoisotopic (exact) mass is 235 g/mol. The van der Waals surface area contributed by atoms with Gasteiger partial charge in [-0.3, -0.25) is 4.98 Å². The zero-order valence-corrected chi connectivity index (χ0v) is 8.27. The molecule has 2 aromatic rings. The molecule has 0 amide bonds. The Hall–Kier alpha value is -1.29. The lowest BCUT2D eigenvalue weighted by molar-refractivity contribution is 1.13. The molecule has 64 valence electrons. The number of halogens is 1. The fourth-order valence-electron chi connectivity index (χ4n) is 0.940. The predicted molar refractivity (Wildman–Crippen MR) is 53.0 cm³/mol. The van der Waals surface area contributed by atoms with Crippen LogP contribution in [0.2, 0.25) is 0 Å². The van der Waals surface area contributed by atoms with Crippen LogP contribution in [0.3, 0.4) is 0 Å². The Balaban J connectivity index is 2.42. The molecule has 0 radical (unpaired) electrons. The zero-order valence-electron chi connectivity index (χ0n) is 6.68. The van der Waals surface area contributed by atoms with Crippen molar-refractivity contribution in [1.29, 1.82) is 0 Å². The molecular formula is C9H6BrN3. The summed E-state index contributed by atoms with van der Waals surface area (Å²) in [6.45, 7) is 0. The maximum Gasteiger partial charge on any atom is 0.178 e. The average Bonchev–Trinajstić information content (AvgIpc) is 2.20. The summed E-state index contributed by atoms with van der Waals surface area (Å²) in [6, 6.07) is 5.65. The van der Waals surface area contributed by atoms with Crippen LogP contribution in [0.5, 0.6) is 0 Å². The summed E-state index contributed by atoms with van der Waals surface area (Å²) in [7, 11) is 0. The van der Waals surface area contributed by atoms with Gasteiger partial charge in [0.05, 0.1) is 4.47 Å².